The van der Waals surface area contributed by atoms with Gasteiger partial charge in [0.25, 0.3) is 0 Å². The number of rotatable bonds is 17. The highest BCUT2D eigenvalue weighted by atomic mass is 32.2. The predicted molar refractivity (Wildman–Crippen MR) is 164 cm³/mol. The first-order valence-electron chi connectivity index (χ1n) is 16.1. The standard InChI is InChI=1S/C34H54O5S/c1-6-9-15-37-24(4)38-16-10-17-40-33(5,23-27(7-2)28-11-13-31(35)14-12-28)32(36)39-34(8-3)29-19-25-18-26(21-29)22-30(34)20-25/h11-14,24-27,29-30,35H,6-10,15-23H2,1-5H3. The molecular weight excluding hydrogens is 520 g/mol. The molecule has 4 fully saturated rings. The maximum absolute atomic E-state index is 14.3. The van der Waals surface area contributed by atoms with Gasteiger partial charge in [0, 0.05) is 6.61 Å². The summed E-state index contributed by atoms with van der Waals surface area (Å²) in [5, 5.41) is 9.84. The van der Waals surface area contributed by atoms with Crippen LogP contribution in [0.5, 0.6) is 5.75 Å². The minimum absolute atomic E-state index is 0.0266. The van der Waals surface area contributed by atoms with E-state index in [1.165, 1.54) is 37.7 Å². The van der Waals surface area contributed by atoms with Crippen molar-refractivity contribution in [1.29, 1.82) is 0 Å². The van der Waals surface area contributed by atoms with Crippen molar-refractivity contribution in [3.05, 3.63) is 29.8 Å². The van der Waals surface area contributed by atoms with Crippen LogP contribution in [0.1, 0.15) is 117 Å². The lowest BCUT2D eigenvalue weighted by atomic mass is 9.49. The van der Waals surface area contributed by atoms with Crippen molar-refractivity contribution in [2.75, 3.05) is 19.0 Å². The average Bonchev–Trinajstić information content (AvgIpc) is 2.94. The third-order valence-electron chi connectivity index (χ3n) is 10.2. The van der Waals surface area contributed by atoms with Crippen LogP contribution in [0.4, 0.5) is 0 Å². The average molecular weight is 575 g/mol. The number of esters is 1. The minimum Gasteiger partial charge on any atom is -0.508 e. The van der Waals surface area contributed by atoms with Gasteiger partial charge in [-0.15, -0.1) is 11.8 Å². The van der Waals surface area contributed by atoms with Gasteiger partial charge in [0.2, 0.25) is 0 Å². The summed E-state index contributed by atoms with van der Waals surface area (Å²) in [6.45, 7) is 12.0. The van der Waals surface area contributed by atoms with Crippen LogP contribution in [0.2, 0.25) is 0 Å². The van der Waals surface area contributed by atoms with E-state index in [9.17, 15) is 9.90 Å². The third kappa shape index (κ3) is 7.39. The van der Waals surface area contributed by atoms with E-state index >= 15 is 0 Å². The highest BCUT2D eigenvalue weighted by molar-refractivity contribution is 8.01. The van der Waals surface area contributed by atoms with Gasteiger partial charge in [-0.2, -0.15) is 0 Å². The molecule has 4 bridgehead atoms. The van der Waals surface area contributed by atoms with Crippen LogP contribution < -0.4 is 0 Å². The quantitative estimate of drug-likeness (QED) is 0.114. The van der Waals surface area contributed by atoms with Crippen LogP contribution in [0, 0.1) is 23.7 Å². The van der Waals surface area contributed by atoms with Crippen LogP contribution in [0.25, 0.3) is 0 Å². The SMILES string of the molecule is CCCCOC(C)OCCCSC(C)(CC(CC)c1ccc(O)cc1)C(=O)OC1(CC)C2CC3CC(C2)CC1C3. The molecule has 4 saturated carbocycles. The molecule has 0 spiro atoms. The second-order valence-corrected chi connectivity index (χ2v) is 14.6. The van der Waals surface area contributed by atoms with Gasteiger partial charge in [0.15, 0.2) is 6.29 Å². The molecular formula is C34H54O5S. The van der Waals surface area contributed by atoms with Crippen LogP contribution in [-0.2, 0) is 19.0 Å². The Morgan fingerprint density at radius 1 is 1.00 bits per heavy atom. The van der Waals surface area contributed by atoms with Crippen molar-refractivity contribution < 1.29 is 24.1 Å². The van der Waals surface area contributed by atoms with Crippen molar-refractivity contribution >= 4 is 17.7 Å². The topological polar surface area (TPSA) is 65.0 Å². The number of aromatic hydroxyl groups is 1. The Labute approximate surface area is 247 Å². The summed E-state index contributed by atoms with van der Waals surface area (Å²) < 4.78 is 17.8. The number of benzene rings is 1. The number of ether oxygens (including phenoxy) is 3. The van der Waals surface area contributed by atoms with Crippen LogP contribution >= 0.6 is 11.8 Å². The van der Waals surface area contributed by atoms with E-state index in [4.69, 9.17) is 14.2 Å². The molecule has 4 aliphatic rings. The summed E-state index contributed by atoms with van der Waals surface area (Å²) in [5.74, 6) is 4.02. The maximum Gasteiger partial charge on any atom is 0.322 e. The fourth-order valence-electron chi connectivity index (χ4n) is 8.04. The van der Waals surface area contributed by atoms with Gasteiger partial charge >= 0.3 is 5.97 Å². The lowest BCUT2D eigenvalue weighted by molar-refractivity contribution is -0.212. The van der Waals surface area contributed by atoms with Crippen molar-refractivity contribution in [3.63, 3.8) is 0 Å². The summed E-state index contributed by atoms with van der Waals surface area (Å²) in [5.41, 5.74) is 0.877. The molecule has 3 unspecified atom stereocenters. The Hall–Kier alpha value is -1.24. The number of hydrogen-bond donors (Lipinski definition) is 1. The first-order chi connectivity index (χ1) is 19.2. The lowest BCUT2D eigenvalue weighted by Crippen LogP contribution is -2.60. The molecule has 1 aromatic rings. The molecule has 0 saturated heterocycles. The number of phenols is 1. The molecule has 0 aliphatic heterocycles. The first-order valence-corrected chi connectivity index (χ1v) is 17.1. The molecule has 226 valence electrons. The van der Waals surface area contributed by atoms with E-state index in [1.807, 2.05) is 19.1 Å². The predicted octanol–water partition coefficient (Wildman–Crippen LogP) is 8.49. The molecule has 5 nitrogen and oxygen atoms in total. The first kappa shape index (κ1) is 31.7. The molecule has 6 heteroatoms. The van der Waals surface area contributed by atoms with E-state index in [0.717, 1.165) is 62.7 Å². The number of phenolic OH excluding ortho intramolecular Hbond substituents is 1. The van der Waals surface area contributed by atoms with Crippen LogP contribution in [0.3, 0.4) is 0 Å². The third-order valence-corrected chi connectivity index (χ3v) is 11.7. The van der Waals surface area contributed by atoms with E-state index < -0.39 is 4.75 Å². The van der Waals surface area contributed by atoms with Crippen molar-refractivity contribution in [2.45, 2.75) is 128 Å². The lowest BCUT2D eigenvalue weighted by Gasteiger charge is -2.60. The Morgan fingerprint density at radius 3 is 2.15 bits per heavy atom. The monoisotopic (exact) mass is 574 g/mol. The van der Waals surface area contributed by atoms with Gasteiger partial charge < -0.3 is 19.3 Å². The number of carbonyl (C=O) groups excluding carboxylic acids is 1. The molecule has 1 aromatic carbocycles. The highest BCUT2D eigenvalue weighted by Gasteiger charge is 2.59. The highest BCUT2D eigenvalue weighted by Crippen LogP contribution is 2.61. The fourth-order valence-corrected chi connectivity index (χ4v) is 9.23. The summed E-state index contributed by atoms with van der Waals surface area (Å²) >= 11 is 1.74. The molecule has 5 rings (SSSR count). The minimum atomic E-state index is -0.654. The zero-order valence-corrected chi connectivity index (χ0v) is 26.5. The Kier molecular flexibility index (Phi) is 11.3. The summed E-state index contributed by atoms with van der Waals surface area (Å²) in [4.78, 5) is 14.3. The van der Waals surface area contributed by atoms with Gasteiger partial charge in [0.1, 0.15) is 16.1 Å². The van der Waals surface area contributed by atoms with Gasteiger partial charge in [-0.1, -0.05) is 39.3 Å². The number of carbonyl (C=O) groups is 1. The molecule has 0 radical (unpaired) electrons. The zero-order valence-electron chi connectivity index (χ0n) is 25.7. The van der Waals surface area contributed by atoms with Gasteiger partial charge in [-0.3, -0.25) is 4.79 Å². The van der Waals surface area contributed by atoms with E-state index in [0.29, 0.717) is 18.4 Å². The normalized spacial score (nSPS) is 30.1. The Morgan fingerprint density at radius 2 is 1.60 bits per heavy atom. The zero-order chi connectivity index (χ0) is 28.8. The molecule has 1 N–H and O–H groups in total. The number of hydrogen-bond acceptors (Lipinski definition) is 6. The number of thioether (sulfide) groups is 1. The van der Waals surface area contributed by atoms with Crippen molar-refractivity contribution in [2.24, 2.45) is 23.7 Å². The van der Waals surface area contributed by atoms with Crippen molar-refractivity contribution in [1.82, 2.24) is 0 Å². The van der Waals surface area contributed by atoms with Gasteiger partial charge in [-0.25, -0.2) is 0 Å². The molecule has 0 heterocycles. The van der Waals surface area contributed by atoms with E-state index in [2.05, 4.69) is 27.7 Å². The fraction of sp³-hybridized carbons (Fsp3) is 0.794. The molecule has 0 aromatic heterocycles. The molecule has 3 atom stereocenters. The Bertz CT molecular complexity index is 905. The summed E-state index contributed by atoms with van der Waals surface area (Å²) in [6.07, 6.45) is 11.7. The maximum atomic E-state index is 14.3. The second-order valence-electron chi connectivity index (χ2n) is 13.0. The van der Waals surface area contributed by atoms with Crippen LogP contribution in [-0.4, -0.2) is 46.7 Å². The molecule has 0 amide bonds. The van der Waals surface area contributed by atoms with E-state index in [-0.39, 0.29) is 29.5 Å². The van der Waals surface area contributed by atoms with Gasteiger partial charge in [-0.05, 0) is 131 Å². The van der Waals surface area contributed by atoms with Crippen LogP contribution in [0.15, 0.2) is 24.3 Å². The van der Waals surface area contributed by atoms with E-state index in [1.54, 1.807) is 23.9 Å². The van der Waals surface area contributed by atoms with Gasteiger partial charge in [0.05, 0.1) is 6.61 Å². The summed E-state index contributed by atoms with van der Waals surface area (Å²) in [6, 6.07) is 7.50. The van der Waals surface area contributed by atoms with Crippen molar-refractivity contribution in [3.8, 4) is 5.75 Å². The molecule has 4 aliphatic carbocycles. The molecule has 40 heavy (non-hydrogen) atoms. The Balaban J connectivity index is 1.44. The number of unbranched alkanes of at least 4 members (excludes halogenated alkanes) is 1. The second kappa shape index (κ2) is 14.3. The smallest absolute Gasteiger partial charge is 0.322 e. The summed E-state index contributed by atoms with van der Waals surface area (Å²) in [7, 11) is 0. The largest absolute Gasteiger partial charge is 0.508 e.